The number of aromatic nitrogens is 1. The van der Waals surface area contributed by atoms with Gasteiger partial charge in [0, 0.05) is 31.4 Å². The van der Waals surface area contributed by atoms with E-state index in [1.54, 1.807) is 23.1 Å². The fourth-order valence-corrected chi connectivity index (χ4v) is 4.61. The van der Waals surface area contributed by atoms with Crippen molar-refractivity contribution in [3.05, 3.63) is 65.5 Å². The Labute approximate surface area is 187 Å². The Balaban J connectivity index is 1.43. The quantitative estimate of drug-likeness (QED) is 0.266. The number of hydrogen-bond donors (Lipinski definition) is 5. The highest BCUT2D eigenvalue weighted by atomic mass is 16.5. The van der Waals surface area contributed by atoms with E-state index in [4.69, 9.17) is 10.6 Å². The smallest absolute Gasteiger partial charge is 0.318 e. The lowest BCUT2D eigenvalue weighted by molar-refractivity contribution is 0.0303. The van der Waals surface area contributed by atoms with Gasteiger partial charge in [-0.15, -0.1) is 0 Å². The number of hydrogen-bond acceptors (Lipinski definition) is 6. The van der Waals surface area contributed by atoms with Crippen molar-refractivity contribution < 1.29 is 15.1 Å². The maximum atomic E-state index is 12.8. The second-order valence-corrected chi connectivity index (χ2v) is 8.50. The van der Waals surface area contributed by atoms with Crippen LogP contribution in [0.25, 0.3) is 0 Å². The molecule has 1 aromatic carbocycles. The van der Waals surface area contributed by atoms with Crippen molar-refractivity contribution >= 4 is 11.9 Å². The van der Waals surface area contributed by atoms with E-state index in [-0.39, 0.29) is 18.4 Å². The number of rotatable bonds is 6. The first kappa shape index (κ1) is 22.2. The minimum absolute atomic E-state index is 0.131. The summed E-state index contributed by atoms with van der Waals surface area (Å²) in [6.45, 7) is 3.46. The molecule has 2 fully saturated rings. The SMILES string of the molecule is N=C(NO)c1cccc(C2C(O)CNC(=O)N2CC2CCN(Cc3ccccn3)CC2)c1. The third-order valence-corrected chi connectivity index (χ3v) is 6.33. The van der Waals surface area contributed by atoms with E-state index in [1.807, 2.05) is 35.9 Å². The van der Waals surface area contributed by atoms with Gasteiger partial charge in [0.1, 0.15) is 5.84 Å². The normalized spacial score (nSPS) is 22.4. The number of nitrogens with zero attached hydrogens (tertiary/aromatic N) is 3. The van der Waals surface area contributed by atoms with Gasteiger partial charge >= 0.3 is 6.03 Å². The van der Waals surface area contributed by atoms with Gasteiger partial charge in [-0.05, 0) is 55.6 Å². The Hall–Kier alpha value is -3.01. The number of carbonyl (C=O) groups excluding carboxylic acids is 1. The summed E-state index contributed by atoms with van der Waals surface area (Å²) in [7, 11) is 0. The highest BCUT2D eigenvalue weighted by Crippen LogP contribution is 2.31. The second kappa shape index (κ2) is 10.1. The van der Waals surface area contributed by atoms with Crippen LogP contribution in [0.3, 0.4) is 0 Å². The largest absolute Gasteiger partial charge is 0.389 e. The van der Waals surface area contributed by atoms with Gasteiger partial charge in [0.15, 0.2) is 0 Å². The van der Waals surface area contributed by atoms with Crippen molar-refractivity contribution in [2.75, 3.05) is 26.2 Å². The number of nitrogens with one attached hydrogen (secondary N) is 3. The zero-order valence-electron chi connectivity index (χ0n) is 17.9. The third kappa shape index (κ3) is 5.07. The standard InChI is InChI=1S/C23H30N6O3/c24-22(27-32)18-5-3-4-17(12-18)21-20(30)13-26-23(31)29(21)14-16-7-10-28(11-8-16)15-19-6-1-2-9-25-19/h1-6,9,12,16,20-21,30,32H,7-8,10-11,13-15H2,(H2,24,27)(H,26,31). The first-order valence-electron chi connectivity index (χ1n) is 11.0. The molecule has 2 atom stereocenters. The zero-order chi connectivity index (χ0) is 22.5. The maximum Gasteiger partial charge on any atom is 0.318 e. The van der Waals surface area contributed by atoms with Crippen molar-refractivity contribution in [1.82, 2.24) is 25.6 Å². The molecule has 0 saturated carbocycles. The zero-order valence-corrected chi connectivity index (χ0v) is 17.9. The molecule has 2 aliphatic heterocycles. The highest BCUT2D eigenvalue weighted by molar-refractivity contribution is 5.95. The summed E-state index contributed by atoms with van der Waals surface area (Å²) in [6, 6.07) is 12.3. The lowest BCUT2D eigenvalue weighted by Gasteiger charge is -2.42. The molecule has 2 aliphatic rings. The number of carbonyl (C=O) groups is 1. The molecule has 0 bridgehead atoms. The topological polar surface area (TPSA) is 125 Å². The number of urea groups is 1. The number of piperidine rings is 1. The van der Waals surface area contributed by atoms with E-state index in [1.165, 1.54) is 0 Å². The fraction of sp³-hybridized carbons (Fsp3) is 0.435. The van der Waals surface area contributed by atoms with Crippen LogP contribution in [0.2, 0.25) is 0 Å². The average Bonchev–Trinajstić information content (AvgIpc) is 2.83. The summed E-state index contributed by atoms with van der Waals surface area (Å²) in [5.74, 6) is 0.211. The number of hydroxylamine groups is 1. The highest BCUT2D eigenvalue weighted by Gasteiger charge is 2.37. The van der Waals surface area contributed by atoms with Gasteiger partial charge in [0.25, 0.3) is 0 Å². The number of aliphatic hydroxyl groups is 1. The van der Waals surface area contributed by atoms with Crippen LogP contribution >= 0.6 is 0 Å². The molecule has 2 aromatic rings. The molecule has 3 heterocycles. The first-order chi connectivity index (χ1) is 15.5. The van der Waals surface area contributed by atoms with Crippen LogP contribution in [-0.2, 0) is 6.54 Å². The molecule has 0 spiro atoms. The van der Waals surface area contributed by atoms with Crippen molar-refractivity contribution in [3.63, 3.8) is 0 Å². The predicted octanol–water partition coefficient (Wildman–Crippen LogP) is 1.73. The van der Waals surface area contributed by atoms with Crippen LogP contribution in [0.1, 0.15) is 35.7 Å². The molecular weight excluding hydrogens is 408 g/mol. The summed E-state index contributed by atoms with van der Waals surface area (Å²) >= 11 is 0. The molecule has 32 heavy (non-hydrogen) atoms. The Morgan fingerprint density at radius 2 is 2.03 bits per heavy atom. The minimum atomic E-state index is -0.761. The van der Waals surface area contributed by atoms with E-state index in [9.17, 15) is 9.90 Å². The third-order valence-electron chi connectivity index (χ3n) is 6.33. The molecule has 170 valence electrons. The average molecular weight is 439 g/mol. The van der Waals surface area contributed by atoms with Gasteiger partial charge in [-0.1, -0.05) is 24.3 Å². The molecule has 4 rings (SSSR count). The van der Waals surface area contributed by atoms with Gasteiger partial charge in [-0.25, -0.2) is 4.79 Å². The molecule has 1 aromatic heterocycles. The summed E-state index contributed by atoms with van der Waals surface area (Å²) in [6.07, 6.45) is 3.00. The Morgan fingerprint density at radius 3 is 2.75 bits per heavy atom. The molecule has 0 aliphatic carbocycles. The van der Waals surface area contributed by atoms with Crippen molar-refractivity contribution in [3.8, 4) is 0 Å². The molecule has 9 heteroatoms. The van der Waals surface area contributed by atoms with Crippen LogP contribution in [0.5, 0.6) is 0 Å². The Morgan fingerprint density at radius 1 is 1.22 bits per heavy atom. The lowest BCUT2D eigenvalue weighted by Crippen LogP contribution is -2.56. The Kier molecular flexibility index (Phi) is 6.99. The summed E-state index contributed by atoms with van der Waals surface area (Å²) in [5.41, 5.74) is 4.15. The fourth-order valence-electron chi connectivity index (χ4n) is 4.61. The van der Waals surface area contributed by atoms with Crippen LogP contribution < -0.4 is 10.8 Å². The monoisotopic (exact) mass is 438 g/mol. The number of likely N-dealkylation sites (tertiary alicyclic amines) is 1. The molecule has 2 saturated heterocycles. The second-order valence-electron chi connectivity index (χ2n) is 8.50. The van der Waals surface area contributed by atoms with Crippen LogP contribution in [-0.4, -0.2) is 69.2 Å². The first-order valence-corrected chi connectivity index (χ1v) is 11.0. The molecule has 0 radical (unpaired) electrons. The Bertz CT molecular complexity index is 932. The van der Waals surface area contributed by atoms with Gasteiger partial charge < -0.3 is 15.3 Å². The van der Waals surface area contributed by atoms with E-state index in [0.717, 1.165) is 43.7 Å². The van der Waals surface area contributed by atoms with E-state index >= 15 is 0 Å². The molecule has 5 N–H and O–H groups in total. The van der Waals surface area contributed by atoms with E-state index < -0.39 is 12.1 Å². The predicted molar refractivity (Wildman–Crippen MR) is 119 cm³/mol. The number of amides is 2. The van der Waals surface area contributed by atoms with Crippen molar-refractivity contribution in [2.24, 2.45) is 5.92 Å². The number of β-amino-alcohol motifs (C(OH)–C–C–N with tert-alkyl or cyclic N) is 1. The summed E-state index contributed by atoms with van der Waals surface area (Å²) in [5, 5.41) is 30.4. The van der Waals surface area contributed by atoms with Gasteiger partial charge in [-0.2, -0.15) is 0 Å². The molecule has 9 nitrogen and oxygen atoms in total. The van der Waals surface area contributed by atoms with E-state index in [0.29, 0.717) is 18.0 Å². The van der Waals surface area contributed by atoms with E-state index in [2.05, 4.69) is 15.2 Å². The summed E-state index contributed by atoms with van der Waals surface area (Å²) in [4.78, 5) is 21.3. The molecule has 2 amide bonds. The summed E-state index contributed by atoms with van der Waals surface area (Å²) < 4.78 is 0. The van der Waals surface area contributed by atoms with Crippen LogP contribution in [0.4, 0.5) is 4.79 Å². The number of benzene rings is 1. The van der Waals surface area contributed by atoms with Crippen molar-refractivity contribution in [2.45, 2.75) is 31.5 Å². The number of pyridine rings is 1. The minimum Gasteiger partial charge on any atom is -0.389 e. The molecular formula is C23H30N6O3. The maximum absolute atomic E-state index is 12.8. The lowest BCUT2D eigenvalue weighted by atomic mass is 9.91. The number of aliphatic hydroxyl groups excluding tert-OH is 1. The molecule has 2 unspecified atom stereocenters. The van der Waals surface area contributed by atoms with Crippen LogP contribution in [0, 0.1) is 11.3 Å². The van der Waals surface area contributed by atoms with Gasteiger partial charge in [0.05, 0.1) is 17.8 Å². The van der Waals surface area contributed by atoms with Crippen LogP contribution in [0.15, 0.2) is 48.7 Å². The van der Waals surface area contributed by atoms with Gasteiger partial charge in [0.2, 0.25) is 0 Å². The number of amidine groups is 1. The van der Waals surface area contributed by atoms with Gasteiger partial charge in [-0.3, -0.25) is 26.0 Å². The van der Waals surface area contributed by atoms with Crippen molar-refractivity contribution in [1.29, 1.82) is 5.41 Å².